The molecule has 1 fully saturated rings. The summed E-state index contributed by atoms with van der Waals surface area (Å²) in [5.41, 5.74) is 1.88. The van der Waals surface area contributed by atoms with E-state index >= 15 is 0 Å². The van der Waals surface area contributed by atoms with Gasteiger partial charge in [0.1, 0.15) is 0 Å². The highest BCUT2D eigenvalue weighted by Gasteiger charge is 2.62. The lowest BCUT2D eigenvalue weighted by atomic mass is 9.70. The van der Waals surface area contributed by atoms with Gasteiger partial charge in [-0.15, -0.1) is 0 Å². The highest BCUT2D eigenvalue weighted by Crippen LogP contribution is 2.67. The minimum Gasteiger partial charge on any atom is -0.281 e. The second kappa shape index (κ2) is 6.87. The molecule has 2 bridgehead atoms. The van der Waals surface area contributed by atoms with Crippen LogP contribution in [-0.2, 0) is 24.7 Å². The molecule has 2 atom stereocenters. The summed E-state index contributed by atoms with van der Waals surface area (Å²) >= 11 is 0. The summed E-state index contributed by atoms with van der Waals surface area (Å²) in [7, 11) is 0. The standard InChI is InChI=1S/C26H27F3N2O/c1-24(2)20-13-14-25(24,3)22-21(20)23(32)31(30(22)15-17-9-5-4-6-10-17)16-18-11-7-8-12-19(18)26(27,28)29/h4-12,20H,13-16H2,1-3H3/t20-,25+/m0/s1. The molecule has 2 aliphatic rings. The Hall–Kier alpha value is -2.76. The fourth-order valence-electron chi connectivity index (χ4n) is 6.11. The number of nitrogens with zero attached hydrogens (tertiary/aromatic N) is 2. The van der Waals surface area contributed by atoms with Crippen molar-refractivity contribution in [2.45, 2.75) is 64.2 Å². The van der Waals surface area contributed by atoms with Gasteiger partial charge in [0.25, 0.3) is 5.56 Å². The topological polar surface area (TPSA) is 26.9 Å². The van der Waals surface area contributed by atoms with E-state index in [-0.39, 0.29) is 34.4 Å². The van der Waals surface area contributed by atoms with Gasteiger partial charge in [-0.25, -0.2) is 4.68 Å². The summed E-state index contributed by atoms with van der Waals surface area (Å²) in [4.78, 5) is 13.7. The van der Waals surface area contributed by atoms with Gasteiger partial charge in [-0.1, -0.05) is 69.3 Å². The minimum atomic E-state index is -4.47. The summed E-state index contributed by atoms with van der Waals surface area (Å²) < 4.78 is 44.5. The zero-order chi connectivity index (χ0) is 22.9. The van der Waals surface area contributed by atoms with Crippen molar-refractivity contribution in [1.82, 2.24) is 9.36 Å². The maximum absolute atomic E-state index is 13.7. The number of benzene rings is 2. The van der Waals surface area contributed by atoms with Crippen molar-refractivity contribution in [3.8, 4) is 0 Å². The van der Waals surface area contributed by atoms with Gasteiger partial charge < -0.3 is 0 Å². The van der Waals surface area contributed by atoms with E-state index in [1.807, 2.05) is 35.0 Å². The smallest absolute Gasteiger partial charge is 0.281 e. The monoisotopic (exact) mass is 440 g/mol. The molecule has 1 aromatic heterocycles. The van der Waals surface area contributed by atoms with Crippen LogP contribution in [0.25, 0.3) is 0 Å². The van der Waals surface area contributed by atoms with Crippen LogP contribution in [-0.4, -0.2) is 9.36 Å². The van der Waals surface area contributed by atoms with Gasteiger partial charge in [0.05, 0.1) is 24.3 Å². The molecule has 0 amide bonds. The first-order valence-electron chi connectivity index (χ1n) is 11.1. The fourth-order valence-corrected chi connectivity index (χ4v) is 6.11. The van der Waals surface area contributed by atoms with Crippen molar-refractivity contribution in [1.29, 1.82) is 0 Å². The number of hydrogen-bond donors (Lipinski definition) is 0. The van der Waals surface area contributed by atoms with Crippen LogP contribution >= 0.6 is 0 Å². The number of hydrogen-bond acceptors (Lipinski definition) is 1. The molecule has 168 valence electrons. The molecule has 6 heteroatoms. The van der Waals surface area contributed by atoms with Crippen LogP contribution in [0, 0.1) is 5.41 Å². The van der Waals surface area contributed by atoms with Crippen LogP contribution in [0.5, 0.6) is 0 Å². The Balaban J connectivity index is 1.71. The first kappa shape index (κ1) is 21.1. The zero-order valence-electron chi connectivity index (χ0n) is 18.5. The molecule has 0 unspecified atom stereocenters. The Bertz CT molecular complexity index is 1240. The number of alkyl halides is 3. The zero-order valence-corrected chi connectivity index (χ0v) is 18.5. The molecule has 0 saturated heterocycles. The molecule has 0 aliphatic heterocycles. The molecule has 32 heavy (non-hydrogen) atoms. The molecule has 2 aliphatic carbocycles. The highest BCUT2D eigenvalue weighted by molar-refractivity contribution is 5.46. The lowest BCUT2D eigenvalue weighted by Gasteiger charge is -2.36. The Labute approximate surface area is 185 Å². The van der Waals surface area contributed by atoms with Crippen LogP contribution in [0.4, 0.5) is 13.2 Å². The first-order chi connectivity index (χ1) is 15.1. The largest absolute Gasteiger partial charge is 0.416 e. The highest BCUT2D eigenvalue weighted by atomic mass is 19.4. The molecule has 3 aromatic rings. The Morgan fingerprint density at radius 3 is 2.28 bits per heavy atom. The van der Waals surface area contributed by atoms with Gasteiger partial charge in [0, 0.05) is 11.0 Å². The van der Waals surface area contributed by atoms with Crippen LogP contribution in [0.15, 0.2) is 59.4 Å². The van der Waals surface area contributed by atoms with Crippen LogP contribution < -0.4 is 5.56 Å². The lowest BCUT2D eigenvalue weighted by Crippen LogP contribution is -2.36. The van der Waals surface area contributed by atoms with Gasteiger partial charge in [0.2, 0.25) is 0 Å². The second-order valence-electron chi connectivity index (χ2n) is 9.97. The lowest BCUT2D eigenvalue weighted by molar-refractivity contribution is -0.138. The maximum atomic E-state index is 13.7. The van der Waals surface area contributed by atoms with E-state index in [1.165, 1.54) is 12.1 Å². The SMILES string of the molecule is CC1(C)[C@H]2CC[C@]1(C)c1c2c(=O)n(Cc2ccccc2C(F)(F)F)n1Cc1ccccc1. The summed E-state index contributed by atoms with van der Waals surface area (Å²) in [5, 5.41) is 0. The average molecular weight is 441 g/mol. The van der Waals surface area contributed by atoms with Gasteiger partial charge in [-0.2, -0.15) is 13.2 Å². The number of aromatic nitrogens is 2. The van der Waals surface area contributed by atoms with Gasteiger partial charge in [-0.3, -0.25) is 9.48 Å². The van der Waals surface area contributed by atoms with Crippen molar-refractivity contribution < 1.29 is 13.2 Å². The molecule has 1 heterocycles. The van der Waals surface area contributed by atoms with E-state index in [0.717, 1.165) is 35.7 Å². The van der Waals surface area contributed by atoms with Gasteiger partial charge in [-0.05, 0) is 41.4 Å². The quantitative estimate of drug-likeness (QED) is 0.493. The average Bonchev–Trinajstić information content (AvgIpc) is 3.21. The molecule has 0 N–H and O–H groups in total. The Kier molecular flexibility index (Phi) is 4.53. The third kappa shape index (κ3) is 2.84. The fraction of sp³-hybridized carbons (Fsp3) is 0.423. The molecule has 0 radical (unpaired) electrons. The van der Waals surface area contributed by atoms with Gasteiger partial charge in [0.15, 0.2) is 0 Å². The Morgan fingerprint density at radius 1 is 0.938 bits per heavy atom. The third-order valence-electron chi connectivity index (χ3n) is 8.18. The molecular weight excluding hydrogens is 413 g/mol. The van der Waals surface area contributed by atoms with Crippen molar-refractivity contribution in [2.75, 3.05) is 0 Å². The molecule has 3 nitrogen and oxygen atoms in total. The van der Waals surface area contributed by atoms with Crippen molar-refractivity contribution in [2.24, 2.45) is 5.41 Å². The maximum Gasteiger partial charge on any atom is 0.416 e. The van der Waals surface area contributed by atoms with E-state index in [1.54, 1.807) is 10.7 Å². The predicted octanol–water partition coefficient (Wildman–Crippen LogP) is 5.94. The van der Waals surface area contributed by atoms with E-state index in [9.17, 15) is 18.0 Å². The van der Waals surface area contributed by atoms with Gasteiger partial charge >= 0.3 is 6.18 Å². The molecular formula is C26H27F3N2O. The normalized spacial score (nSPS) is 23.5. The Morgan fingerprint density at radius 2 is 1.59 bits per heavy atom. The minimum absolute atomic E-state index is 0.0573. The summed E-state index contributed by atoms with van der Waals surface area (Å²) in [6, 6.07) is 15.4. The number of halogens is 3. The first-order valence-corrected chi connectivity index (χ1v) is 11.1. The second-order valence-corrected chi connectivity index (χ2v) is 9.97. The van der Waals surface area contributed by atoms with E-state index < -0.39 is 11.7 Å². The van der Waals surface area contributed by atoms with Crippen LogP contribution in [0.1, 0.15) is 67.5 Å². The number of rotatable bonds is 4. The van der Waals surface area contributed by atoms with E-state index in [0.29, 0.717) is 6.54 Å². The predicted molar refractivity (Wildman–Crippen MR) is 118 cm³/mol. The summed E-state index contributed by atoms with van der Waals surface area (Å²) in [6.45, 7) is 7.02. The van der Waals surface area contributed by atoms with Crippen LogP contribution in [0.3, 0.4) is 0 Å². The molecule has 2 aromatic carbocycles. The molecule has 0 spiro atoms. The van der Waals surface area contributed by atoms with E-state index in [4.69, 9.17) is 0 Å². The molecule has 5 rings (SSSR count). The third-order valence-corrected chi connectivity index (χ3v) is 8.18. The van der Waals surface area contributed by atoms with Crippen LogP contribution in [0.2, 0.25) is 0 Å². The van der Waals surface area contributed by atoms with Crippen molar-refractivity contribution in [3.05, 3.63) is 92.9 Å². The number of fused-ring (bicyclic) bond motifs is 5. The van der Waals surface area contributed by atoms with Crippen molar-refractivity contribution >= 4 is 0 Å². The van der Waals surface area contributed by atoms with E-state index in [2.05, 4.69) is 20.8 Å². The molecule has 1 saturated carbocycles. The summed E-state index contributed by atoms with van der Waals surface area (Å²) in [5.74, 6) is 0.135. The summed E-state index contributed by atoms with van der Waals surface area (Å²) in [6.07, 6.45) is -2.54. The van der Waals surface area contributed by atoms with Crippen molar-refractivity contribution in [3.63, 3.8) is 0 Å².